The minimum atomic E-state index is -0.604. The molecule has 0 aliphatic carbocycles. The standard InChI is InChI=1S/C31H28F2N4O3/c1-3-22-25(32)7-4-18-8-21(38)9-23(27(18)22)29-28(33)26-16(2)31(40-15-17-13-39-14-17)36-30(24(26)10-34-29)37-11-19-5-6-20(12-37)35-19/h1,4,7-10,17,19-20,35,38H,5-6,11-15H2,2H3. The van der Waals surface area contributed by atoms with Gasteiger partial charge in [-0.25, -0.2) is 8.78 Å². The number of pyridine rings is 2. The third-order valence-electron chi connectivity index (χ3n) is 8.29. The number of hydrogen-bond acceptors (Lipinski definition) is 7. The number of nitrogens with zero attached hydrogens (tertiary/aromatic N) is 3. The van der Waals surface area contributed by atoms with Crippen LogP contribution in [0.4, 0.5) is 14.6 Å². The van der Waals surface area contributed by atoms with Gasteiger partial charge in [0, 0.05) is 64.6 Å². The minimum absolute atomic E-state index is 0.0102. The maximum absolute atomic E-state index is 16.8. The summed E-state index contributed by atoms with van der Waals surface area (Å²) in [5.41, 5.74) is 0.721. The zero-order chi connectivity index (χ0) is 27.5. The number of ether oxygens (including phenoxy) is 2. The molecule has 204 valence electrons. The zero-order valence-electron chi connectivity index (χ0n) is 22.0. The van der Waals surface area contributed by atoms with Gasteiger partial charge >= 0.3 is 0 Å². The molecule has 3 saturated heterocycles. The number of rotatable bonds is 5. The summed E-state index contributed by atoms with van der Waals surface area (Å²) >= 11 is 0. The van der Waals surface area contributed by atoms with Crippen LogP contribution in [0.2, 0.25) is 0 Å². The molecule has 2 unspecified atom stereocenters. The largest absolute Gasteiger partial charge is 0.508 e. The predicted octanol–water partition coefficient (Wildman–Crippen LogP) is 4.69. The van der Waals surface area contributed by atoms with Gasteiger partial charge in [-0.15, -0.1) is 6.42 Å². The highest BCUT2D eigenvalue weighted by Gasteiger charge is 2.34. The van der Waals surface area contributed by atoms with Gasteiger partial charge in [0.05, 0.1) is 25.4 Å². The van der Waals surface area contributed by atoms with E-state index in [-0.39, 0.29) is 28.5 Å². The molecule has 40 heavy (non-hydrogen) atoms. The molecule has 0 radical (unpaired) electrons. The SMILES string of the molecule is C#Cc1c(F)ccc2cc(O)cc(-c3ncc4c(N5CC6CCC(C5)N6)nc(OCC5COC5)c(C)c4c3F)c12. The molecule has 2 N–H and O–H groups in total. The number of phenols is 1. The van der Waals surface area contributed by atoms with Gasteiger partial charge in [0.1, 0.15) is 23.1 Å². The van der Waals surface area contributed by atoms with Crippen LogP contribution in [-0.2, 0) is 4.74 Å². The van der Waals surface area contributed by atoms with E-state index < -0.39 is 11.6 Å². The molecule has 5 heterocycles. The van der Waals surface area contributed by atoms with E-state index in [0.717, 1.165) is 25.9 Å². The van der Waals surface area contributed by atoms with Gasteiger partial charge in [0.25, 0.3) is 0 Å². The van der Waals surface area contributed by atoms with Crippen LogP contribution in [0.3, 0.4) is 0 Å². The molecule has 0 spiro atoms. The number of halogens is 2. The summed E-state index contributed by atoms with van der Waals surface area (Å²) in [5, 5.41) is 15.8. The molecule has 2 aromatic carbocycles. The molecular formula is C31H28F2N4O3. The predicted molar refractivity (Wildman–Crippen MR) is 149 cm³/mol. The highest BCUT2D eigenvalue weighted by atomic mass is 19.1. The van der Waals surface area contributed by atoms with Crippen LogP contribution in [0.5, 0.6) is 11.6 Å². The van der Waals surface area contributed by atoms with Crippen LogP contribution in [-0.4, -0.2) is 60.1 Å². The lowest BCUT2D eigenvalue weighted by molar-refractivity contribution is -0.0514. The molecule has 0 saturated carbocycles. The quantitative estimate of drug-likeness (QED) is 0.354. The van der Waals surface area contributed by atoms with Crippen molar-refractivity contribution in [2.24, 2.45) is 5.92 Å². The number of anilines is 1. The van der Waals surface area contributed by atoms with Crippen molar-refractivity contribution in [3.05, 3.63) is 53.2 Å². The first-order chi connectivity index (χ1) is 19.4. The van der Waals surface area contributed by atoms with E-state index in [1.54, 1.807) is 13.1 Å². The van der Waals surface area contributed by atoms with Crippen molar-refractivity contribution in [2.75, 3.05) is 37.8 Å². The Balaban J connectivity index is 1.45. The van der Waals surface area contributed by atoms with Gasteiger partial charge in [-0.2, -0.15) is 4.98 Å². The van der Waals surface area contributed by atoms with Crippen molar-refractivity contribution >= 4 is 27.4 Å². The number of aromatic nitrogens is 2. The summed E-state index contributed by atoms with van der Waals surface area (Å²) in [7, 11) is 0. The molecule has 4 aromatic rings. The Hall–Kier alpha value is -4.00. The summed E-state index contributed by atoms with van der Waals surface area (Å²) in [5.74, 6) is 2.35. The van der Waals surface area contributed by atoms with Crippen molar-refractivity contribution in [1.29, 1.82) is 0 Å². The van der Waals surface area contributed by atoms with Crippen LogP contribution in [0.15, 0.2) is 30.5 Å². The van der Waals surface area contributed by atoms with Crippen LogP contribution < -0.4 is 15.0 Å². The summed E-state index contributed by atoms with van der Waals surface area (Å²) in [6, 6.07) is 6.29. The average molecular weight is 543 g/mol. The van der Waals surface area contributed by atoms with Crippen LogP contribution >= 0.6 is 0 Å². The van der Waals surface area contributed by atoms with E-state index in [4.69, 9.17) is 20.9 Å². The van der Waals surface area contributed by atoms with E-state index in [1.807, 2.05) is 0 Å². The number of aryl methyl sites for hydroxylation is 1. The number of terminal acetylenes is 1. The zero-order valence-corrected chi connectivity index (χ0v) is 22.0. The van der Waals surface area contributed by atoms with Crippen molar-refractivity contribution in [2.45, 2.75) is 31.8 Å². The molecule has 7 rings (SSSR count). The van der Waals surface area contributed by atoms with E-state index in [2.05, 4.69) is 21.1 Å². The Morgan fingerprint density at radius 1 is 1.18 bits per heavy atom. The molecule has 2 bridgehead atoms. The first-order valence-electron chi connectivity index (χ1n) is 13.5. The van der Waals surface area contributed by atoms with E-state index >= 15 is 4.39 Å². The smallest absolute Gasteiger partial charge is 0.218 e. The Kier molecular flexibility index (Phi) is 5.99. The second-order valence-corrected chi connectivity index (χ2v) is 11.0. The van der Waals surface area contributed by atoms with Crippen LogP contribution in [0.1, 0.15) is 24.0 Å². The van der Waals surface area contributed by atoms with E-state index in [9.17, 15) is 9.50 Å². The molecule has 7 nitrogen and oxygen atoms in total. The normalized spacial score (nSPS) is 20.6. The van der Waals surface area contributed by atoms with Gasteiger partial charge in [0.2, 0.25) is 5.88 Å². The Morgan fingerprint density at radius 3 is 2.65 bits per heavy atom. The highest BCUT2D eigenvalue weighted by Crippen LogP contribution is 2.41. The van der Waals surface area contributed by atoms with Gasteiger partial charge in [-0.05, 0) is 43.4 Å². The average Bonchev–Trinajstić information content (AvgIpc) is 3.25. The van der Waals surface area contributed by atoms with Crippen LogP contribution in [0.25, 0.3) is 32.8 Å². The lowest BCUT2D eigenvalue weighted by atomic mass is 9.95. The summed E-state index contributed by atoms with van der Waals surface area (Å²) in [6.45, 7) is 4.97. The van der Waals surface area contributed by atoms with Crippen molar-refractivity contribution in [3.8, 4) is 35.2 Å². The van der Waals surface area contributed by atoms with Crippen LogP contribution in [0, 0.1) is 36.8 Å². The lowest BCUT2D eigenvalue weighted by Crippen LogP contribution is -2.51. The molecule has 3 aliphatic rings. The third-order valence-corrected chi connectivity index (χ3v) is 8.29. The monoisotopic (exact) mass is 542 g/mol. The molecule has 3 aliphatic heterocycles. The minimum Gasteiger partial charge on any atom is -0.508 e. The second-order valence-electron chi connectivity index (χ2n) is 11.0. The Labute approximate surface area is 230 Å². The fraction of sp³-hybridized carbons (Fsp3) is 0.355. The maximum atomic E-state index is 16.8. The number of nitrogens with one attached hydrogen (secondary N) is 1. The molecular weight excluding hydrogens is 514 g/mol. The molecule has 9 heteroatoms. The number of phenolic OH excluding ortho intramolecular Hbond substituents is 1. The number of hydrogen-bond donors (Lipinski definition) is 2. The van der Waals surface area contributed by atoms with Gasteiger partial charge in [0.15, 0.2) is 5.82 Å². The number of fused-ring (bicyclic) bond motifs is 4. The first-order valence-corrected chi connectivity index (χ1v) is 13.5. The van der Waals surface area contributed by atoms with Crippen molar-refractivity contribution in [1.82, 2.24) is 15.3 Å². The summed E-state index contributed by atoms with van der Waals surface area (Å²) < 4.78 is 42.9. The van der Waals surface area contributed by atoms with Gasteiger partial charge < -0.3 is 24.8 Å². The summed E-state index contributed by atoms with van der Waals surface area (Å²) in [6.07, 6.45) is 9.46. The van der Waals surface area contributed by atoms with Crippen molar-refractivity contribution in [3.63, 3.8) is 0 Å². The molecule has 3 fully saturated rings. The van der Waals surface area contributed by atoms with E-state index in [0.29, 0.717) is 70.7 Å². The van der Waals surface area contributed by atoms with Gasteiger partial charge in [-0.3, -0.25) is 4.98 Å². The van der Waals surface area contributed by atoms with Crippen molar-refractivity contribution < 1.29 is 23.4 Å². The summed E-state index contributed by atoms with van der Waals surface area (Å²) in [4.78, 5) is 11.6. The first kappa shape index (κ1) is 25.0. The molecule has 2 aromatic heterocycles. The second kappa shape index (κ2) is 9.58. The maximum Gasteiger partial charge on any atom is 0.218 e. The molecule has 0 amide bonds. The fourth-order valence-electron chi connectivity index (χ4n) is 6.24. The Morgan fingerprint density at radius 2 is 1.95 bits per heavy atom. The van der Waals surface area contributed by atoms with Gasteiger partial charge in [-0.1, -0.05) is 12.0 Å². The molecule has 2 atom stereocenters. The van der Waals surface area contributed by atoms with E-state index in [1.165, 1.54) is 24.3 Å². The highest BCUT2D eigenvalue weighted by molar-refractivity contribution is 6.04. The lowest BCUT2D eigenvalue weighted by Gasteiger charge is -2.35. The topological polar surface area (TPSA) is 79.7 Å². The fourth-order valence-corrected chi connectivity index (χ4v) is 6.24. The number of aromatic hydroxyl groups is 1. The Bertz CT molecular complexity index is 1700. The third kappa shape index (κ3) is 4.02. The number of benzene rings is 2. The number of piperazine rings is 1.